The largest absolute Gasteiger partial charge is 0.495 e. The van der Waals surface area contributed by atoms with Crippen LogP contribution in [0.1, 0.15) is 15.9 Å². The van der Waals surface area contributed by atoms with Crippen LogP contribution in [0.25, 0.3) is 16.9 Å². The van der Waals surface area contributed by atoms with E-state index in [0.29, 0.717) is 22.0 Å². The van der Waals surface area contributed by atoms with Crippen LogP contribution >= 0.6 is 11.6 Å². The van der Waals surface area contributed by atoms with Crippen molar-refractivity contribution in [3.63, 3.8) is 0 Å². The Labute approximate surface area is 210 Å². The number of hydrogen-bond donors (Lipinski definition) is 0. The van der Waals surface area contributed by atoms with Crippen molar-refractivity contribution in [2.75, 3.05) is 7.11 Å². The van der Waals surface area contributed by atoms with Crippen molar-refractivity contribution in [3.05, 3.63) is 122 Å². The van der Waals surface area contributed by atoms with E-state index in [0.717, 1.165) is 10.1 Å². The Kier molecular flexibility index (Phi) is 6.26. The fourth-order valence-corrected chi connectivity index (χ4v) is 4.24. The van der Waals surface area contributed by atoms with Crippen LogP contribution < -0.4 is 16.0 Å². The highest BCUT2D eigenvalue weighted by atomic mass is 35.5. The van der Waals surface area contributed by atoms with Gasteiger partial charge in [-0.05, 0) is 42.0 Å². The topological polar surface area (TPSA) is 88.1 Å². The second-order valence-electron chi connectivity index (χ2n) is 8.14. The first-order valence-corrected chi connectivity index (χ1v) is 11.5. The van der Waals surface area contributed by atoms with Crippen LogP contribution in [0.4, 0.5) is 0 Å². The van der Waals surface area contributed by atoms with Crippen molar-refractivity contribution in [2.24, 2.45) is 0 Å². The molecule has 3 aromatic carbocycles. The van der Waals surface area contributed by atoms with Gasteiger partial charge >= 0.3 is 5.69 Å². The molecule has 0 spiro atoms. The maximum absolute atomic E-state index is 13.7. The van der Waals surface area contributed by atoms with E-state index in [1.165, 1.54) is 22.6 Å². The number of aromatic nitrogens is 4. The predicted octanol–water partition coefficient (Wildman–Crippen LogP) is 3.94. The zero-order chi connectivity index (χ0) is 25.2. The van der Waals surface area contributed by atoms with E-state index in [9.17, 15) is 14.4 Å². The van der Waals surface area contributed by atoms with Crippen molar-refractivity contribution >= 4 is 28.5 Å². The number of ether oxygens (including phenoxy) is 1. The Hall–Kier alpha value is -4.43. The summed E-state index contributed by atoms with van der Waals surface area (Å²) in [5.41, 5.74) is 0.851. The van der Waals surface area contributed by atoms with Crippen LogP contribution in [0, 0.1) is 0 Å². The van der Waals surface area contributed by atoms with E-state index in [4.69, 9.17) is 16.3 Å². The third-order valence-corrected chi connectivity index (χ3v) is 6.14. The highest BCUT2D eigenvalue weighted by molar-refractivity contribution is 6.30. The number of para-hydroxylation sites is 2. The molecule has 0 fully saturated rings. The van der Waals surface area contributed by atoms with E-state index < -0.39 is 11.2 Å². The van der Waals surface area contributed by atoms with Crippen LogP contribution in [0.15, 0.2) is 94.8 Å². The lowest BCUT2D eigenvalue weighted by Crippen LogP contribution is -2.40. The normalized spacial score (nSPS) is 11.1. The van der Waals surface area contributed by atoms with E-state index in [1.807, 2.05) is 30.3 Å². The van der Waals surface area contributed by atoms with Crippen LogP contribution in [-0.4, -0.2) is 31.6 Å². The number of Topliss-reactive ketones (excluding diaryl/α,β-unsaturated/α-hetero) is 1. The molecule has 0 saturated heterocycles. The summed E-state index contributed by atoms with van der Waals surface area (Å²) >= 11 is 5.94. The number of carbonyl (C=O) groups excluding carboxylic acids is 1. The lowest BCUT2D eigenvalue weighted by atomic mass is 10.1. The molecule has 0 atom stereocenters. The summed E-state index contributed by atoms with van der Waals surface area (Å²) in [6.45, 7) is -0.0806. The fraction of sp³-hybridized carbons (Fsp3) is 0.111. The van der Waals surface area contributed by atoms with E-state index in [-0.39, 0.29) is 30.0 Å². The lowest BCUT2D eigenvalue weighted by molar-refractivity contribution is 0.0973. The number of rotatable bonds is 7. The zero-order valence-electron chi connectivity index (χ0n) is 19.3. The average molecular weight is 501 g/mol. The number of fused-ring (bicyclic) bond motifs is 1. The van der Waals surface area contributed by atoms with Crippen LogP contribution in [0.2, 0.25) is 5.02 Å². The smallest absolute Gasteiger partial charge is 0.337 e. The van der Waals surface area contributed by atoms with Crippen LogP contribution in [-0.2, 0) is 13.1 Å². The van der Waals surface area contributed by atoms with Gasteiger partial charge in [-0.15, -0.1) is 0 Å². The Morgan fingerprint density at radius 1 is 0.944 bits per heavy atom. The number of imidazole rings is 1. The molecule has 2 aromatic heterocycles. The van der Waals surface area contributed by atoms with Crippen LogP contribution in [0.3, 0.4) is 0 Å². The number of halogens is 1. The van der Waals surface area contributed by atoms with Gasteiger partial charge in [0.1, 0.15) is 5.75 Å². The molecule has 0 saturated carbocycles. The van der Waals surface area contributed by atoms with Gasteiger partial charge < -0.3 is 9.30 Å². The molecule has 2 heterocycles. The monoisotopic (exact) mass is 500 g/mol. The van der Waals surface area contributed by atoms with Gasteiger partial charge in [-0.1, -0.05) is 54.1 Å². The molecule has 0 aliphatic heterocycles. The average Bonchev–Trinajstić information content (AvgIpc) is 3.31. The Bertz CT molecular complexity index is 1690. The van der Waals surface area contributed by atoms with Gasteiger partial charge in [-0.3, -0.25) is 14.2 Å². The number of methoxy groups -OCH3 is 1. The molecule has 0 amide bonds. The Morgan fingerprint density at radius 3 is 2.36 bits per heavy atom. The molecule has 0 unspecified atom stereocenters. The van der Waals surface area contributed by atoms with Gasteiger partial charge in [-0.2, -0.15) is 0 Å². The number of ketones is 1. The van der Waals surface area contributed by atoms with Gasteiger partial charge in [0, 0.05) is 10.6 Å². The first-order valence-electron chi connectivity index (χ1n) is 11.1. The molecule has 0 radical (unpaired) electrons. The summed E-state index contributed by atoms with van der Waals surface area (Å²) in [5.74, 6) is 0.215. The number of carbonyl (C=O) groups is 1. The summed E-state index contributed by atoms with van der Waals surface area (Å²) in [7, 11) is 1.50. The fourth-order valence-electron chi connectivity index (χ4n) is 4.12. The second kappa shape index (κ2) is 9.67. The summed E-state index contributed by atoms with van der Waals surface area (Å²) in [6.07, 6.45) is 1.40. The van der Waals surface area contributed by atoms with Crippen molar-refractivity contribution in [2.45, 2.75) is 13.1 Å². The standard InChI is InChI=1S/C27H21ClN4O4/c1-36-23-10-6-5-9-21(23)32-25-24(26(34)31(27(32)35)15-18-7-3-2-4-8-18)30(17-29-25)16-22(33)19-11-13-20(28)14-12-19/h2-14,17H,15-16H2,1H3. The third-order valence-electron chi connectivity index (χ3n) is 5.89. The molecule has 8 nitrogen and oxygen atoms in total. The quantitative estimate of drug-likeness (QED) is 0.316. The van der Waals surface area contributed by atoms with Crippen molar-refractivity contribution in [1.82, 2.24) is 18.7 Å². The summed E-state index contributed by atoms with van der Waals surface area (Å²) in [4.78, 5) is 44.7. The van der Waals surface area contributed by atoms with Crippen molar-refractivity contribution in [1.29, 1.82) is 0 Å². The highest BCUT2D eigenvalue weighted by Gasteiger charge is 2.22. The molecular formula is C27H21ClN4O4. The zero-order valence-corrected chi connectivity index (χ0v) is 20.1. The van der Waals surface area contributed by atoms with E-state index in [1.54, 1.807) is 48.5 Å². The molecule has 0 bridgehead atoms. The Balaban J connectivity index is 1.73. The minimum atomic E-state index is -0.560. The summed E-state index contributed by atoms with van der Waals surface area (Å²) in [6, 6.07) is 22.7. The highest BCUT2D eigenvalue weighted by Crippen LogP contribution is 2.23. The first kappa shape index (κ1) is 23.3. The van der Waals surface area contributed by atoms with Gasteiger partial charge in [0.2, 0.25) is 0 Å². The maximum atomic E-state index is 13.7. The molecule has 9 heteroatoms. The summed E-state index contributed by atoms with van der Waals surface area (Å²) < 4.78 is 9.45. The van der Waals surface area contributed by atoms with Gasteiger partial charge in [0.25, 0.3) is 5.56 Å². The van der Waals surface area contributed by atoms with Gasteiger partial charge in [0.05, 0.1) is 32.2 Å². The molecule has 36 heavy (non-hydrogen) atoms. The third kappa shape index (κ3) is 4.23. The molecule has 180 valence electrons. The van der Waals surface area contributed by atoms with Crippen LogP contribution in [0.5, 0.6) is 5.75 Å². The van der Waals surface area contributed by atoms with Crippen molar-refractivity contribution < 1.29 is 9.53 Å². The Morgan fingerprint density at radius 2 is 1.64 bits per heavy atom. The minimum Gasteiger partial charge on any atom is -0.495 e. The van der Waals surface area contributed by atoms with E-state index in [2.05, 4.69) is 4.98 Å². The number of benzene rings is 3. The van der Waals surface area contributed by atoms with E-state index >= 15 is 0 Å². The molecule has 5 aromatic rings. The SMILES string of the molecule is COc1ccccc1-n1c(=O)n(Cc2ccccc2)c(=O)c2c1ncn2CC(=O)c1ccc(Cl)cc1. The summed E-state index contributed by atoms with van der Waals surface area (Å²) in [5, 5.41) is 0.518. The minimum absolute atomic E-state index is 0.0555. The molecular weight excluding hydrogens is 480 g/mol. The van der Waals surface area contributed by atoms with Gasteiger partial charge in [0.15, 0.2) is 16.9 Å². The first-order chi connectivity index (χ1) is 17.5. The molecule has 0 aliphatic rings. The maximum Gasteiger partial charge on any atom is 0.337 e. The number of nitrogens with zero attached hydrogens (tertiary/aromatic N) is 4. The van der Waals surface area contributed by atoms with Crippen molar-refractivity contribution in [3.8, 4) is 11.4 Å². The predicted molar refractivity (Wildman–Crippen MR) is 137 cm³/mol. The van der Waals surface area contributed by atoms with Gasteiger partial charge in [-0.25, -0.2) is 14.3 Å². The second-order valence-corrected chi connectivity index (χ2v) is 8.58. The number of hydrogen-bond acceptors (Lipinski definition) is 5. The lowest BCUT2D eigenvalue weighted by Gasteiger charge is -2.15. The molecule has 5 rings (SSSR count). The molecule has 0 N–H and O–H groups in total. The molecule has 0 aliphatic carbocycles.